The van der Waals surface area contributed by atoms with E-state index in [1.165, 1.54) is 0 Å². The van der Waals surface area contributed by atoms with Crippen molar-refractivity contribution in [2.24, 2.45) is 5.84 Å². The van der Waals surface area contributed by atoms with Crippen LogP contribution in [0.15, 0.2) is 24.3 Å². The summed E-state index contributed by atoms with van der Waals surface area (Å²) in [4.78, 5) is 12.1. The molecular weight excluding hydrogens is 216 g/mol. The molecule has 4 nitrogen and oxygen atoms in total. The number of amides is 1. The summed E-state index contributed by atoms with van der Waals surface area (Å²) in [5, 5.41) is 0. The van der Waals surface area contributed by atoms with Crippen LogP contribution in [0.5, 0.6) is 5.75 Å². The lowest BCUT2D eigenvalue weighted by molar-refractivity contribution is -0.126. The molecule has 1 aromatic rings. The highest BCUT2D eigenvalue weighted by molar-refractivity contribution is 5.88. The smallest absolute Gasteiger partial charge is 0.244 e. The summed E-state index contributed by atoms with van der Waals surface area (Å²) in [6.07, 6.45) is 3.82. The van der Waals surface area contributed by atoms with Crippen molar-refractivity contribution < 1.29 is 9.53 Å². The van der Waals surface area contributed by atoms with E-state index in [2.05, 4.69) is 5.43 Å². The number of hydrazine groups is 1. The minimum atomic E-state index is -0.469. The normalized spacial score (nSPS) is 17.8. The lowest BCUT2D eigenvalue weighted by Gasteiger charge is -2.27. The second-order valence-electron chi connectivity index (χ2n) is 4.49. The molecule has 0 bridgehead atoms. The summed E-state index contributed by atoms with van der Waals surface area (Å²) in [5.41, 5.74) is 2.83. The fraction of sp³-hybridized carbons (Fsp3) is 0.462. The summed E-state index contributed by atoms with van der Waals surface area (Å²) >= 11 is 0. The van der Waals surface area contributed by atoms with Gasteiger partial charge < -0.3 is 4.74 Å². The first kappa shape index (κ1) is 11.9. The van der Waals surface area contributed by atoms with E-state index >= 15 is 0 Å². The van der Waals surface area contributed by atoms with Gasteiger partial charge in [0, 0.05) is 0 Å². The maximum absolute atomic E-state index is 12.1. The van der Waals surface area contributed by atoms with Crippen LogP contribution < -0.4 is 16.0 Å². The Bertz CT molecular complexity index is 412. The van der Waals surface area contributed by atoms with Crippen molar-refractivity contribution in [3.63, 3.8) is 0 Å². The zero-order chi connectivity index (χ0) is 12.3. The van der Waals surface area contributed by atoms with Gasteiger partial charge in [0.2, 0.25) is 5.91 Å². The third-order valence-electron chi connectivity index (χ3n) is 3.65. The summed E-state index contributed by atoms with van der Waals surface area (Å²) in [5.74, 6) is 6.00. The van der Waals surface area contributed by atoms with Crippen molar-refractivity contribution in [2.45, 2.75) is 31.1 Å². The first-order chi connectivity index (χ1) is 8.23. The molecule has 0 atom stereocenters. The number of carbonyl (C=O) groups is 1. The molecule has 3 N–H and O–H groups in total. The number of nitrogens with two attached hydrogens (primary N) is 1. The van der Waals surface area contributed by atoms with Crippen LogP contribution in [-0.4, -0.2) is 13.0 Å². The molecule has 0 aliphatic heterocycles. The Morgan fingerprint density at radius 2 is 2.12 bits per heavy atom. The maximum atomic E-state index is 12.1. The summed E-state index contributed by atoms with van der Waals surface area (Å²) in [7, 11) is 1.63. The van der Waals surface area contributed by atoms with Gasteiger partial charge in [-0.1, -0.05) is 25.0 Å². The van der Waals surface area contributed by atoms with Crippen LogP contribution in [0.25, 0.3) is 0 Å². The molecule has 1 aliphatic rings. The molecule has 2 rings (SSSR count). The Balaban J connectivity index is 2.42. The van der Waals surface area contributed by atoms with Gasteiger partial charge in [-0.05, 0) is 30.5 Å². The molecule has 4 heteroatoms. The topological polar surface area (TPSA) is 64.3 Å². The predicted octanol–water partition coefficient (Wildman–Crippen LogP) is 1.50. The third kappa shape index (κ3) is 2.00. The lowest BCUT2D eigenvalue weighted by atomic mass is 9.78. The van der Waals surface area contributed by atoms with Gasteiger partial charge in [0.15, 0.2) is 0 Å². The van der Waals surface area contributed by atoms with Crippen LogP contribution in [0.4, 0.5) is 0 Å². The first-order valence-corrected chi connectivity index (χ1v) is 5.88. The lowest BCUT2D eigenvalue weighted by Crippen LogP contribution is -2.45. The highest BCUT2D eigenvalue weighted by Gasteiger charge is 2.42. The fourth-order valence-electron chi connectivity index (χ4n) is 2.68. The van der Waals surface area contributed by atoms with Crippen molar-refractivity contribution in [1.82, 2.24) is 5.43 Å². The second-order valence-corrected chi connectivity index (χ2v) is 4.49. The number of benzene rings is 1. The Hall–Kier alpha value is -1.55. The second kappa shape index (κ2) is 4.75. The Morgan fingerprint density at radius 3 is 2.71 bits per heavy atom. The van der Waals surface area contributed by atoms with Crippen molar-refractivity contribution in [3.8, 4) is 5.75 Å². The van der Waals surface area contributed by atoms with Crippen molar-refractivity contribution in [3.05, 3.63) is 29.8 Å². The molecule has 92 valence electrons. The molecule has 1 fully saturated rings. The first-order valence-electron chi connectivity index (χ1n) is 5.88. The molecule has 0 radical (unpaired) electrons. The number of hydrogen-bond donors (Lipinski definition) is 2. The highest BCUT2D eigenvalue weighted by atomic mass is 16.5. The minimum absolute atomic E-state index is 0.0942. The number of methoxy groups -OCH3 is 1. The van der Waals surface area contributed by atoms with Gasteiger partial charge in [0.05, 0.1) is 12.5 Å². The molecule has 1 aromatic carbocycles. The summed E-state index contributed by atoms with van der Waals surface area (Å²) in [6.45, 7) is 0. The van der Waals surface area contributed by atoms with Crippen LogP contribution in [0.1, 0.15) is 31.2 Å². The third-order valence-corrected chi connectivity index (χ3v) is 3.65. The molecular formula is C13H18N2O2. The van der Waals surface area contributed by atoms with E-state index in [1.54, 1.807) is 7.11 Å². The quantitative estimate of drug-likeness (QED) is 0.473. The van der Waals surface area contributed by atoms with Gasteiger partial charge in [0.25, 0.3) is 0 Å². The minimum Gasteiger partial charge on any atom is -0.497 e. The average Bonchev–Trinajstić information content (AvgIpc) is 2.88. The zero-order valence-electron chi connectivity index (χ0n) is 10.0. The molecule has 0 saturated heterocycles. The van der Waals surface area contributed by atoms with Crippen LogP contribution in [-0.2, 0) is 10.2 Å². The highest BCUT2D eigenvalue weighted by Crippen LogP contribution is 2.42. The summed E-state index contributed by atoms with van der Waals surface area (Å²) in [6, 6.07) is 7.70. The largest absolute Gasteiger partial charge is 0.497 e. The van der Waals surface area contributed by atoms with Crippen molar-refractivity contribution in [2.75, 3.05) is 7.11 Å². The van der Waals surface area contributed by atoms with Gasteiger partial charge in [-0.2, -0.15) is 0 Å². The SMILES string of the molecule is COc1cccc(C2(C(=O)NN)CCCC2)c1. The van der Waals surface area contributed by atoms with Gasteiger partial charge in [-0.3, -0.25) is 10.2 Å². The zero-order valence-corrected chi connectivity index (χ0v) is 10.0. The molecule has 1 aliphatic carbocycles. The average molecular weight is 234 g/mol. The number of hydrogen-bond acceptors (Lipinski definition) is 3. The van der Waals surface area contributed by atoms with E-state index < -0.39 is 5.41 Å². The number of rotatable bonds is 3. The van der Waals surface area contributed by atoms with Crippen LogP contribution in [0.3, 0.4) is 0 Å². The Kier molecular flexibility index (Phi) is 3.33. The van der Waals surface area contributed by atoms with Crippen LogP contribution >= 0.6 is 0 Å². The van der Waals surface area contributed by atoms with Crippen LogP contribution in [0.2, 0.25) is 0 Å². The van der Waals surface area contributed by atoms with Gasteiger partial charge in [0.1, 0.15) is 5.75 Å². The predicted molar refractivity (Wildman–Crippen MR) is 65.5 cm³/mol. The van der Waals surface area contributed by atoms with E-state index in [1.807, 2.05) is 24.3 Å². The summed E-state index contributed by atoms with van der Waals surface area (Å²) < 4.78 is 5.21. The van der Waals surface area contributed by atoms with Crippen molar-refractivity contribution >= 4 is 5.91 Å². The number of ether oxygens (including phenoxy) is 1. The Labute approximate surface area is 101 Å². The van der Waals surface area contributed by atoms with E-state index in [4.69, 9.17) is 10.6 Å². The number of nitrogens with one attached hydrogen (secondary N) is 1. The van der Waals surface area contributed by atoms with E-state index in [0.717, 1.165) is 37.0 Å². The van der Waals surface area contributed by atoms with E-state index in [0.29, 0.717) is 0 Å². The molecule has 0 unspecified atom stereocenters. The van der Waals surface area contributed by atoms with E-state index in [-0.39, 0.29) is 5.91 Å². The fourth-order valence-corrected chi connectivity index (χ4v) is 2.68. The molecule has 0 aromatic heterocycles. The standard InChI is InChI=1S/C13H18N2O2/c1-17-11-6-4-5-10(9-11)13(12(16)15-14)7-2-3-8-13/h4-6,9H,2-3,7-8,14H2,1H3,(H,15,16). The molecule has 1 amide bonds. The van der Waals surface area contributed by atoms with Gasteiger partial charge in [-0.15, -0.1) is 0 Å². The van der Waals surface area contributed by atoms with Gasteiger partial charge >= 0.3 is 0 Å². The van der Waals surface area contributed by atoms with Gasteiger partial charge in [-0.25, -0.2) is 5.84 Å². The molecule has 1 saturated carbocycles. The maximum Gasteiger partial charge on any atom is 0.244 e. The Morgan fingerprint density at radius 1 is 1.41 bits per heavy atom. The number of carbonyl (C=O) groups excluding carboxylic acids is 1. The van der Waals surface area contributed by atoms with Crippen LogP contribution in [0, 0.1) is 0 Å². The molecule has 0 spiro atoms. The molecule has 0 heterocycles. The van der Waals surface area contributed by atoms with Crippen molar-refractivity contribution in [1.29, 1.82) is 0 Å². The van der Waals surface area contributed by atoms with E-state index in [9.17, 15) is 4.79 Å². The monoisotopic (exact) mass is 234 g/mol. The molecule has 17 heavy (non-hydrogen) atoms.